The summed E-state index contributed by atoms with van der Waals surface area (Å²) < 4.78 is 18.2. The zero-order valence-electron chi connectivity index (χ0n) is 19.1. The van der Waals surface area contributed by atoms with Gasteiger partial charge in [0.25, 0.3) is 0 Å². The Morgan fingerprint density at radius 1 is 1.19 bits per heavy atom. The number of pyridine rings is 1. The molecule has 10 heteroatoms. The van der Waals surface area contributed by atoms with Gasteiger partial charge in [-0.3, -0.25) is 4.98 Å². The predicted molar refractivity (Wildman–Crippen MR) is 116 cm³/mol. The van der Waals surface area contributed by atoms with Gasteiger partial charge in [0, 0.05) is 31.2 Å². The Kier molecular flexibility index (Phi) is 6.88. The largest absolute Gasteiger partial charge is 0.390 e. The van der Waals surface area contributed by atoms with E-state index in [1.54, 1.807) is 14.1 Å². The Bertz CT molecular complexity index is 801. The van der Waals surface area contributed by atoms with Crippen LogP contribution in [0, 0.1) is 6.92 Å². The lowest BCUT2D eigenvalue weighted by molar-refractivity contribution is -0.477. The molecule has 3 fully saturated rings. The highest BCUT2D eigenvalue weighted by Crippen LogP contribution is 2.46. The molecule has 2 aliphatic heterocycles. The third-order valence-electron chi connectivity index (χ3n) is 6.94. The van der Waals surface area contributed by atoms with Gasteiger partial charge in [0.15, 0.2) is 0 Å². The van der Waals surface area contributed by atoms with E-state index in [4.69, 9.17) is 14.2 Å². The van der Waals surface area contributed by atoms with Crippen molar-refractivity contribution in [2.45, 2.75) is 87.4 Å². The zero-order valence-corrected chi connectivity index (χ0v) is 19.1. The fourth-order valence-corrected chi connectivity index (χ4v) is 5.25. The van der Waals surface area contributed by atoms with Crippen molar-refractivity contribution in [3.8, 4) is 0 Å². The molecule has 180 valence electrons. The Hall–Kier alpha value is -1.21. The Morgan fingerprint density at radius 2 is 1.97 bits per heavy atom. The van der Waals surface area contributed by atoms with Crippen LogP contribution in [0.5, 0.6) is 0 Å². The molecule has 10 nitrogen and oxygen atoms in total. The number of aromatic nitrogens is 1. The Balaban J connectivity index is 1.54. The van der Waals surface area contributed by atoms with Crippen LogP contribution in [0.1, 0.15) is 31.2 Å². The Labute approximate surface area is 188 Å². The van der Waals surface area contributed by atoms with Crippen LogP contribution in [0.2, 0.25) is 0 Å². The van der Waals surface area contributed by atoms with Crippen LogP contribution in [0.15, 0.2) is 18.2 Å². The highest BCUT2D eigenvalue weighted by molar-refractivity contribution is 5.12. The molecule has 9 atom stereocenters. The topological polar surface area (TPSA) is 137 Å². The van der Waals surface area contributed by atoms with Crippen LogP contribution < -0.4 is 16.0 Å². The monoisotopic (exact) mass is 452 g/mol. The lowest BCUT2D eigenvalue weighted by atomic mass is 9.79. The number of ether oxygens (including phenoxy) is 3. The summed E-state index contributed by atoms with van der Waals surface area (Å²) in [5.74, 6) is -2.10. The number of hydrogen-bond acceptors (Lipinski definition) is 10. The standard InChI is InChI=1S/C22H36N4O6/c1-12-6-5-7-14(26-12)10-25-11-21(28)9-13(2)30-20-22(21,29)32-19-16(31-20)8-15(23-3)18(27)17(19)24-4/h5-7,13,15-20,23-25,27-29H,8-11H2,1-4H3/t13-,15+,16?,17+,18+,19+,20+,21?,22-/m1/s1. The molecule has 0 aromatic carbocycles. The molecule has 1 aromatic rings. The molecule has 6 N–H and O–H groups in total. The van der Waals surface area contributed by atoms with Gasteiger partial charge in [-0.05, 0) is 46.5 Å². The van der Waals surface area contributed by atoms with Gasteiger partial charge < -0.3 is 45.5 Å². The molecule has 3 heterocycles. The van der Waals surface area contributed by atoms with Crippen molar-refractivity contribution in [1.82, 2.24) is 20.9 Å². The van der Waals surface area contributed by atoms with Gasteiger partial charge in [0.2, 0.25) is 12.1 Å². The number of rotatable bonds is 6. The maximum absolute atomic E-state index is 11.6. The molecule has 0 radical (unpaired) electrons. The van der Waals surface area contributed by atoms with E-state index in [2.05, 4.69) is 20.9 Å². The molecule has 1 aliphatic carbocycles. The number of hydrogen-bond donors (Lipinski definition) is 6. The number of aliphatic hydroxyl groups is 3. The maximum Gasteiger partial charge on any atom is 0.249 e. The fraction of sp³-hybridized carbons (Fsp3) is 0.773. The first-order valence-electron chi connectivity index (χ1n) is 11.3. The lowest BCUT2D eigenvalue weighted by Gasteiger charge is -2.59. The summed E-state index contributed by atoms with van der Waals surface area (Å²) in [5.41, 5.74) is 0.0694. The molecule has 0 bridgehead atoms. The number of fused-ring (bicyclic) bond motifs is 2. The highest BCUT2D eigenvalue weighted by atomic mass is 16.8. The van der Waals surface area contributed by atoms with E-state index in [9.17, 15) is 15.3 Å². The van der Waals surface area contributed by atoms with Gasteiger partial charge in [0.1, 0.15) is 11.7 Å². The van der Waals surface area contributed by atoms with Crippen molar-refractivity contribution in [3.63, 3.8) is 0 Å². The molecule has 0 spiro atoms. The first-order valence-corrected chi connectivity index (χ1v) is 11.3. The predicted octanol–water partition coefficient (Wildman–Crippen LogP) is -1.24. The van der Waals surface area contributed by atoms with Crippen LogP contribution in [-0.4, -0.2) is 95.1 Å². The van der Waals surface area contributed by atoms with Gasteiger partial charge >= 0.3 is 0 Å². The summed E-state index contributed by atoms with van der Waals surface area (Å²) in [5, 5.41) is 43.4. The van der Waals surface area contributed by atoms with E-state index in [0.29, 0.717) is 13.0 Å². The van der Waals surface area contributed by atoms with E-state index >= 15 is 0 Å². The first-order chi connectivity index (χ1) is 15.2. The second kappa shape index (κ2) is 9.21. The molecule has 3 aliphatic rings. The summed E-state index contributed by atoms with van der Waals surface area (Å²) in [7, 11) is 3.51. The third-order valence-corrected chi connectivity index (χ3v) is 6.94. The smallest absolute Gasteiger partial charge is 0.249 e. The normalized spacial score (nSPS) is 44.0. The van der Waals surface area contributed by atoms with Gasteiger partial charge in [0.05, 0.1) is 30.0 Å². The summed E-state index contributed by atoms with van der Waals surface area (Å²) in [6.45, 7) is 4.23. The molecule has 0 amide bonds. The molecule has 2 unspecified atom stereocenters. The van der Waals surface area contributed by atoms with Crippen LogP contribution >= 0.6 is 0 Å². The lowest BCUT2D eigenvalue weighted by Crippen LogP contribution is -2.79. The Morgan fingerprint density at radius 3 is 2.66 bits per heavy atom. The van der Waals surface area contributed by atoms with E-state index in [0.717, 1.165) is 11.4 Å². The summed E-state index contributed by atoms with van der Waals surface area (Å²) in [6, 6.07) is 5.05. The minimum absolute atomic E-state index is 0.0516. The SMILES string of the molecule is CN[C@H]1[C@@H](O)[C@@H](NC)CC2O[C@@H]3O[C@H](C)CC(O)(CNCc4cccc(C)n4)[C@]3(O)O[C@@H]21. The number of nitrogens with one attached hydrogen (secondary N) is 3. The maximum atomic E-state index is 11.6. The second-order valence-electron chi connectivity index (χ2n) is 9.28. The first kappa shape index (κ1) is 23.9. The quantitative estimate of drug-likeness (QED) is 0.311. The van der Waals surface area contributed by atoms with Gasteiger partial charge in [-0.15, -0.1) is 0 Å². The molecule has 4 rings (SSSR count). The molecule has 2 saturated heterocycles. The van der Waals surface area contributed by atoms with Crippen LogP contribution in [0.25, 0.3) is 0 Å². The van der Waals surface area contributed by atoms with Crippen molar-refractivity contribution in [2.75, 3.05) is 20.6 Å². The van der Waals surface area contributed by atoms with Crippen molar-refractivity contribution in [1.29, 1.82) is 0 Å². The number of nitrogens with zero attached hydrogens (tertiary/aromatic N) is 1. The van der Waals surface area contributed by atoms with Crippen molar-refractivity contribution in [3.05, 3.63) is 29.6 Å². The summed E-state index contributed by atoms with van der Waals surface area (Å²) in [6.07, 6.45) is -2.70. The summed E-state index contributed by atoms with van der Waals surface area (Å²) in [4.78, 5) is 4.46. The number of likely N-dealkylation sites (N-methyl/N-ethyl adjacent to an activating group) is 2. The van der Waals surface area contributed by atoms with Gasteiger partial charge in [-0.1, -0.05) is 6.07 Å². The van der Waals surface area contributed by atoms with Crippen LogP contribution in [0.3, 0.4) is 0 Å². The van der Waals surface area contributed by atoms with Crippen LogP contribution in [0.4, 0.5) is 0 Å². The third kappa shape index (κ3) is 4.20. The van der Waals surface area contributed by atoms with Gasteiger partial charge in [-0.2, -0.15) is 0 Å². The molecular formula is C22H36N4O6. The zero-order chi connectivity index (χ0) is 23.1. The van der Waals surface area contributed by atoms with Crippen LogP contribution in [-0.2, 0) is 20.8 Å². The minimum Gasteiger partial charge on any atom is -0.390 e. The van der Waals surface area contributed by atoms with E-state index < -0.39 is 42.0 Å². The summed E-state index contributed by atoms with van der Waals surface area (Å²) >= 11 is 0. The number of aliphatic hydroxyl groups excluding tert-OH is 1. The average Bonchev–Trinajstić information content (AvgIpc) is 2.73. The number of aryl methyl sites for hydroxylation is 1. The van der Waals surface area contributed by atoms with Gasteiger partial charge in [-0.25, -0.2) is 0 Å². The molecule has 1 saturated carbocycles. The minimum atomic E-state index is -2.10. The average molecular weight is 453 g/mol. The highest BCUT2D eigenvalue weighted by Gasteiger charge is 2.67. The van der Waals surface area contributed by atoms with E-state index in [-0.39, 0.29) is 25.1 Å². The molecular weight excluding hydrogens is 416 g/mol. The van der Waals surface area contributed by atoms with E-state index in [1.807, 2.05) is 32.0 Å². The van der Waals surface area contributed by atoms with Crippen molar-refractivity contribution >= 4 is 0 Å². The van der Waals surface area contributed by atoms with E-state index in [1.165, 1.54) is 0 Å². The molecule has 1 aromatic heterocycles. The second-order valence-corrected chi connectivity index (χ2v) is 9.28. The fourth-order valence-electron chi connectivity index (χ4n) is 5.25. The van der Waals surface area contributed by atoms with Crippen molar-refractivity contribution < 1.29 is 29.5 Å². The molecule has 32 heavy (non-hydrogen) atoms. The van der Waals surface area contributed by atoms with Crippen molar-refractivity contribution in [2.24, 2.45) is 0 Å².